The first-order valence-corrected chi connectivity index (χ1v) is 13.1. The molecule has 1 atom stereocenters. The number of hydrogen-bond donors (Lipinski definition) is 0. The van der Waals surface area contributed by atoms with Crippen LogP contribution in [0.3, 0.4) is 0 Å². The summed E-state index contributed by atoms with van der Waals surface area (Å²) in [6.07, 6.45) is 5.52. The molecule has 1 aliphatic carbocycles. The van der Waals surface area contributed by atoms with Crippen molar-refractivity contribution in [1.29, 1.82) is 0 Å². The third kappa shape index (κ3) is 4.23. The third-order valence-corrected chi connectivity index (χ3v) is 8.25. The maximum atomic E-state index is 13.8. The number of aryl methyl sites for hydroxylation is 2. The number of aromatic nitrogens is 2. The van der Waals surface area contributed by atoms with Gasteiger partial charge in [0.2, 0.25) is 5.91 Å². The molecule has 0 N–H and O–H groups in total. The molecule has 1 unspecified atom stereocenters. The quantitative estimate of drug-likeness (QED) is 0.328. The highest BCUT2D eigenvalue weighted by atomic mass is 32.2. The Morgan fingerprint density at radius 1 is 1.22 bits per heavy atom. The van der Waals surface area contributed by atoms with Crippen molar-refractivity contribution in [2.45, 2.75) is 50.3 Å². The molecule has 2 aromatic heterocycles. The van der Waals surface area contributed by atoms with Crippen LogP contribution in [0.4, 0.5) is 0 Å². The van der Waals surface area contributed by atoms with Crippen LogP contribution < -0.4 is 5.56 Å². The maximum Gasteiger partial charge on any atom is 0.267 e. The van der Waals surface area contributed by atoms with Crippen molar-refractivity contribution in [3.63, 3.8) is 0 Å². The number of fused-ring (bicyclic) bond motifs is 3. The summed E-state index contributed by atoms with van der Waals surface area (Å²) in [6.45, 7) is 3.77. The zero-order valence-corrected chi connectivity index (χ0v) is 19.8. The van der Waals surface area contributed by atoms with E-state index in [0.29, 0.717) is 24.9 Å². The molecule has 1 fully saturated rings. The largest absolute Gasteiger partial charge is 0.375 e. The number of thioether (sulfide) groups is 1. The van der Waals surface area contributed by atoms with Crippen molar-refractivity contribution in [1.82, 2.24) is 14.5 Å². The fraction of sp³-hybridized carbons (Fsp3) is 0.458. The SMILES string of the molecule is CC1CN(C(=O)CSc2nc3sc4c(c3c(=O)n2-c2ccccc2)CCCCC4)CCO1. The van der Waals surface area contributed by atoms with Crippen molar-refractivity contribution < 1.29 is 9.53 Å². The van der Waals surface area contributed by atoms with E-state index in [4.69, 9.17) is 9.72 Å². The van der Waals surface area contributed by atoms with Gasteiger partial charge in [0.25, 0.3) is 5.56 Å². The number of carbonyl (C=O) groups excluding carboxylic acids is 1. The highest BCUT2D eigenvalue weighted by molar-refractivity contribution is 7.99. The van der Waals surface area contributed by atoms with Crippen molar-refractivity contribution in [3.8, 4) is 5.69 Å². The molecule has 1 aliphatic heterocycles. The van der Waals surface area contributed by atoms with Gasteiger partial charge in [-0.05, 0) is 50.3 Å². The molecule has 6 nitrogen and oxygen atoms in total. The van der Waals surface area contributed by atoms with Crippen LogP contribution >= 0.6 is 23.1 Å². The molecule has 0 radical (unpaired) electrons. The van der Waals surface area contributed by atoms with Gasteiger partial charge in [-0.25, -0.2) is 4.98 Å². The Bertz CT molecular complexity index is 1190. The standard InChI is InChI=1S/C24H27N3O3S2/c1-16-14-26(12-13-30-16)20(28)15-31-24-25-22-21(18-10-6-3-7-11-19(18)32-22)23(29)27(24)17-8-4-2-5-9-17/h2,4-5,8-9,16H,3,6-7,10-15H2,1H3. The number of carbonyl (C=O) groups is 1. The average molecular weight is 470 g/mol. The molecule has 3 aromatic rings. The van der Waals surface area contributed by atoms with Crippen molar-refractivity contribution in [3.05, 3.63) is 51.1 Å². The Morgan fingerprint density at radius 3 is 2.84 bits per heavy atom. The van der Waals surface area contributed by atoms with Gasteiger partial charge in [0.05, 0.1) is 29.5 Å². The van der Waals surface area contributed by atoms with E-state index in [1.54, 1.807) is 15.9 Å². The van der Waals surface area contributed by atoms with E-state index in [1.807, 2.05) is 42.2 Å². The van der Waals surface area contributed by atoms with Crippen molar-refractivity contribution in [2.24, 2.45) is 0 Å². The lowest BCUT2D eigenvalue weighted by Crippen LogP contribution is -2.45. The molecule has 168 valence electrons. The van der Waals surface area contributed by atoms with Crippen LogP contribution in [0.15, 0.2) is 40.3 Å². The molecule has 1 amide bonds. The molecular weight excluding hydrogens is 442 g/mol. The second kappa shape index (κ2) is 9.37. The average Bonchev–Trinajstić information content (AvgIpc) is 2.99. The number of ether oxygens (including phenoxy) is 1. The minimum absolute atomic E-state index is 0.0180. The number of amides is 1. The Balaban J connectivity index is 1.54. The van der Waals surface area contributed by atoms with Crippen LogP contribution in [0.2, 0.25) is 0 Å². The van der Waals surface area contributed by atoms with Gasteiger partial charge in [-0.2, -0.15) is 0 Å². The summed E-state index contributed by atoms with van der Waals surface area (Å²) in [5, 5.41) is 1.35. The lowest BCUT2D eigenvalue weighted by Gasteiger charge is -2.31. The minimum Gasteiger partial charge on any atom is -0.375 e. The summed E-state index contributed by atoms with van der Waals surface area (Å²) in [5.74, 6) is 0.309. The van der Waals surface area contributed by atoms with Crippen LogP contribution in [0.25, 0.3) is 15.9 Å². The van der Waals surface area contributed by atoms with E-state index in [-0.39, 0.29) is 23.3 Å². The second-order valence-corrected chi connectivity index (χ2v) is 10.5. The van der Waals surface area contributed by atoms with Crippen molar-refractivity contribution in [2.75, 3.05) is 25.4 Å². The monoisotopic (exact) mass is 469 g/mol. The maximum absolute atomic E-state index is 13.8. The molecule has 0 bridgehead atoms. The van der Waals surface area contributed by atoms with Gasteiger partial charge < -0.3 is 9.64 Å². The summed E-state index contributed by atoms with van der Waals surface area (Å²) >= 11 is 3.01. The molecule has 32 heavy (non-hydrogen) atoms. The topological polar surface area (TPSA) is 64.4 Å². The first-order valence-electron chi connectivity index (χ1n) is 11.3. The number of para-hydroxylation sites is 1. The number of nitrogens with zero attached hydrogens (tertiary/aromatic N) is 3. The summed E-state index contributed by atoms with van der Waals surface area (Å²) in [5.41, 5.74) is 1.96. The number of morpholine rings is 1. The van der Waals surface area contributed by atoms with Crippen LogP contribution in [-0.2, 0) is 22.4 Å². The normalized spacial score (nSPS) is 19.0. The number of benzene rings is 1. The zero-order chi connectivity index (χ0) is 22.1. The van der Waals surface area contributed by atoms with Gasteiger partial charge >= 0.3 is 0 Å². The summed E-state index contributed by atoms with van der Waals surface area (Å²) < 4.78 is 7.25. The Hall–Kier alpha value is -2.16. The molecule has 2 aliphatic rings. The van der Waals surface area contributed by atoms with Gasteiger partial charge in [0, 0.05) is 18.0 Å². The first kappa shape index (κ1) is 21.7. The molecule has 0 saturated carbocycles. The number of hydrogen-bond acceptors (Lipinski definition) is 6. The van der Waals surface area contributed by atoms with Crippen LogP contribution in [0, 0.1) is 0 Å². The van der Waals surface area contributed by atoms with E-state index >= 15 is 0 Å². The highest BCUT2D eigenvalue weighted by Gasteiger charge is 2.25. The van der Waals surface area contributed by atoms with E-state index in [1.165, 1.54) is 35.0 Å². The Morgan fingerprint density at radius 2 is 2.03 bits per heavy atom. The summed E-state index contributed by atoms with van der Waals surface area (Å²) in [6, 6.07) is 9.64. The van der Waals surface area contributed by atoms with Gasteiger partial charge in [0.1, 0.15) is 4.83 Å². The minimum atomic E-state index is -0.0180. The Labute approximate surface area is 195 Å². The predicted octanol–water partition coefficient (Wildman–Crippen LogP) is 4.06. The van der Waals surface area contributed by atoms with Crippen molar-refractivity contribution >= 4 is 39.2 Å². The fourth-order valence-corrected chi connectivity index (χ4v) is 6.75. The highest BCUT2D eigenvalue weighted by Crippen LogP contribution is 2.34. The number of thiophene rings is 1. The molecule has 0 spiro atoms. The van der Waals surface area contributed by atoms with Crippen LogP contribution in [0.5, 0.6) is 0 Å². The molecule has 1 aromatic carbocycles. The molecule has 5 rings (SSSR count). The second-order valence-electron chi connectivity index (χ2n) is 8.42. The lowest BCUT2D eigenvalue weighted by atomic mass is 10.1. The summed E-state index contributed by atoms with van der Waals surface area (Å²) in [4.78, 5) is 35.5. The predicted molar refractivity (Wildman–Crippen MR) is 129 cm³/mol. The fourth-order valence-electron chi connectivity index (χ4n) is 4.53. The van der Waals surface area contributed by atoms with E-state index in [9.17, 15) is 9.59 Å². The van der Waals surface area contributed by atoms with Gasteiger partial charge in [0.15, 0.2) is 5.16 Å². The summed E-state index contributed by atoms with van der Waals surface area (Å²) in [7, 11) is 0. The smallest absolute Gasteiger partial charge is 0.267 e. The lowest BCUT2D eigenvalue weighted by molar-refractivity contribution is -0.135. The first-order chi connectivity index (χ1) is 15.6. The Kier molecular flexibility index (Phi) is 6.35. The molecule has 1 saturated heterocycles. The van der Waals surface area contributed by atoms with Crippen LogP contribution in [0.1, 0.15) is 36.6 Å². The molecular formula is C24H27N3O3S2. The van der Waals surface area contributed by atoms with Gasteiger partial charge in [-0.3, -0.25) is 14.2 Å². The van der Waals surface area contributed by atoms with Gasteiger partial charge in [-0.1, -0.05) is 36.4 Å². The van der Waals surface area contributed by atoms with Gasteiger partial charge in [-0.15, -0.1) is 11.3 Å². The van der Waals surface area contributed by atoms with Crippen LogP contribution in [-0.4, -0.2) is 51.9 Å². The third-order valence-electron chi connectivity index (χ3n) is 6.14. The molecule has 8 heteroatoms. The van der Waals surface area contributed by atoms with E-state index in [2.05, 4.69) is 0 Å². The van der Waals surface area contributed by atoms with E-state index < -0.39 is 0 Å². The van der Waals surface area contributed by atoms with E-state index in [0.717, 1.165) is 35.2 Å². The zero-order valence-electron chi connectivity index (χ0n) is 18.2. The molecule has 3 heterocycles. The number of rotatable bonds is 4.